The van der Waals surface area contributed by atoms with Crippen molar-refractivity contribution >= 4 is 29.9 Å². The van der Waals surface area contributed by atoms with E-state index in [1.165, 1.54) is 25.7 Å². The molecular formula is C16H31IN6O. The average Bonchev–Trinajstić information content (AvgIpc) is 3.21. The summed E-state index contributed by atoms with van der Waals surface area (Å²) in [5, 5.41) is 10.7. The first-order valence-electron chi connectivity index (χ1n) is 8.63. The Labute approximate surface area is 162 Å². The van der Waals surface area contributed by atoms with Gasteiger partial charge in [-0.1, -0.05) is 12.8 Å². The Hall–Kier alpha value is -0.900. The molecule has 1 aliphatic rings. The van der Waals surface area contributed by atoms with E-state index in [0.717, 1.165) is 37.3 Å². The predicted molar refractivity (Wildman–Crippen MR) is 107 cm³/mol. The second-order valence-corrected chi connectivity index (χ2v) is 5.98. The largest absolute Gasteiger partial charge is 0.378 e. The number of nitrogens with zero attached hydrogens (tertiary/aromatic N) is 4. The van der Waals surface area contributed by atoms with Crippen LogP contribution in [0.1, 0.15) is 44.9 Å². The Morgan fingerprint density at radius 1 is 1.42 bits per heavy atom. The van der Waals surface area contributed by atoms with Crippen molar-refractivity contribution in [2.45, 2.75) is 51.7 Å². The molecule has 1 aromatic heterocycles. The van der Waals surface area contributed by atoms with Crippen LogP contribution in [0.25, 0.3) is 0 Å². The minimum Gasteiger partial charge on any atom is -0.378 e. The van der Waals surface area contributed by atoms with Crippen molar-refractivity contribution in [3.8, 4) is 0 Å². The molecule has 2 rings (SSSR count). The number of aryl methyl sites for hydroxylation is 1. The van der Waals surface area contributed by atoms with Crippen molar-refractivity contribution in [3.05, 3.63) is 12.2 Å². The number of nitrogens with one attached hydrogen (secondary N) is 2. The van der Waals surface area contributed by atoms with E-state index in [9.17, 15) is 0 Å². The lowest BCUT2D eigenvalue weighted by molar-refractivity contribution is 0.0169. The third-order valence-electron chi connectivity index (χ3n) is 4.47. The van der Waals surface area contributed by atoms with Gasteiger partial charge in [-0.05, 0) is 32.1 Å². The van der Waals surface area contributed by atoms with Gasteiger partial charge in [0.2, 0.25) is 0 Å². The smallest absolute Gasteiger partial charge is 0.191 e. The van der Waals surface area contributed by atoms with Gasteiger partial charge in [0.05, 0.1) is 12.6 Å². The van der Waals surface area contributed by atoms with Gasteiger partial charge in [-0.2, -0.15) is 5.10 Å². The lowest BCUT2D eigenvalue weighted by atomic mass is 9.98. The maximum absolute atomic E-state index is 5.95. The maximum Gasteiger partial charge on any atom is 0.191 e. The van der Waals surface area contributed by atoms with Crippen molar-refractivity contribution in [2.24, 2.45) is 18.0 Å². The van der Waals surface area contributed by atoms with Crippen molar-refractivity contribution in [1.82, 2.24) is 25.4 Å². The third-order valence-corrected chi connectivity index (χ3v) is 4.47. The Bertz CT molecular complexity index is 487. The summed E-state index contributed by atoms with van der Waals surface area (Å²) in [5.41, 5.74) is 0. The number of halogens is 1. The first-order chi connectivity index (χ1) is 11.2. The lowest BCUT2D eigenvalue weighted by Gasteiger charge is -2.24. The number of aromatic nitrogens is 3. The maximum atomic E-state index is 5.95. The highest BCUT2D eigenvalue weighted by Gasteiger charge is 2.25. The normalized spacial score (nSPS) is 16.7. The summed E-state index contributed by atoms with van der Waals surface area (Å²) in [4.78, 5) is 8.45. The number of ether oxygens (including phenoxy) is 1. The molecule has 1 heterocycles. The molecule has 138 valence electrons. The number of rotatable bonds is 8. The highest BCUT2D eigenvalue weighted by atomic mass is 127. The number of hydrogen-bond acceptors (Lipinski definition) is 4. The standard InChI is InChI=1S/C16H30N6O.HI/c1-4-23-14(13-7-5-6-8-13)9-10-18-16(17-2)19-11-15-20-12-21-22(15)3;/h12-14H,4-11H2,1-3H3,(H2,17,18,19);1H. The summed E-state index contributed by atoms with van der Waals surface area (Å²) in [5.74, 6) is 2.39. The molecule has 7 nitrogen and oxygen atoms in total. The van der Waals surface area contributed by atoms with Crippen LogP contribution in [0.4, 0.5) is 0 Å². The number of aliphatic imine (C=N–C) groups is 1. The summed E-state index contributed by atoms with van der Waals surface area (Å²) < 4.78 is 7.71. The van der Waals surface area contributed by atoms with Gasteiger partial charge in [-0.25, -0.2) is 4.98 Å². The van der Waals surface area contributed by atoms with Crippen LogP contribution in [0.15, 0.2) is 11.3 Å². The first kappa shape index (κ1) is 21.1. The topological polar surface area (TPSA) is 76.4 Å². The molecule has 0 aromatic carbocycles. The van der Waals surface area contributed by atoms with E-state index < -0.39 is 0 Å². The fourth-order valence-electron chi connectivity index (χ4n) is 3.19. The molecule has 1 fully saturated rings. The fourth-order valence-corrected chi connectivity index (χ4v) is 3.19. The molecule has 0 bridgehead atoms. The van der Waals surface area contributed by atoms with Crippen LogP contribution >= 0.6 is 24.0 Å². The zero-order chi connectivity index (χ0) is 16.5. The van der Waals surface area contributed by atoms with Gasteiger partial charge in [0.25, 0.3) is 0 Å². The van der Waals surface area contributed by atoms with Crippen molar-refractivity contribution in [1.29, 1.82) is 0 Å². The van der Waals surface area contributed by atoms with E-state index in [4.69, 9.17) is 4.74 Å². The second-order valence-electron chi connectivity index (χ2n) is 5.98. The van der Waals surface area contributed by atoms with Crippen LogP contribution in [-0.4, -0.2) is 47.0 Å². The van der Waals surface area contributed by atoms with Gasteiger partial charge in [-0.3, -0.25) is 9.67 Å². The predicted octanol–water partition coefficient (Wildman–Crippen LogP) is 2.08. The highest BCUT2D eigenvalue weighted by Crippen LogP contribution is 2.30. The van der Waals surface area contributed by atoms with E-state index in [2.05, 4.69) is 32.6 Å². The molecule has 1 unspecified atom stereocenters. The zero-order valence-corrected chi connectivity index (χ0v) is 17.3. The molecule has 1 atom stereocenters. The molecule has 1 aliphatic carbocycles. The summed E-state index contributed by atoms with van der Waals surface area (Å²) in [6.07, 6.45) is 8.26. The van der Waals surface area contributed by atoms with Gasteiger partial charge >= 0.3 is 0 Å². The third kappa shape index (κ3) is 6.54. The van der Waals surface area contributed by atoms with E-state index in [0.29, 0.717) is 12.6 Å². The van der Waals surface area contributed by atoms with Crippen LogP contribution in [-0.2, 0) is 18.3 Å². The van der Waals surface area contributed by atoms with E-state index in [-0.39, 0.29) is 24.0 Å². The van der Waals surface area contributed by atoms with Gasteiger partial charge in [-0.15, -0.1) is 24.0 Å². The molecule has 0 saturated heterocycles. The first-order valence-corrected chi connectivity index (χ1v) is 8.63. The molecular weight excluding hydrogens is 419 g/mol. The molecule has 1 saturated carbocycles. The van der Waals surface area contributed by atoms with Crippen LogP contribution in [0.3, 0.4) is 0 Å². The minimum atomic E-state index is 0. The quantitative estimate of drug-likeness (QED) is 0.361. The van der Waals surface area contributed by atoms with Crippen LogP contribution < -0.4 is 10.6 Å². The van der Waals surface area contributed by atoms with Crippen molar-refractivity contribution in [2.75, 3.05) is 20.2 Å². The van der Waals surface area contributed by atoms with E-state index in [1.54, 1.807) is 18.1 Å². The van der Waals surface area contributed by atoms with Crippen molar-refractivity contribution < 1.29 is 4.74 Å². The Morgan fingerprint density at radius 3 is 2.75 bits per heavy atom. The van der Waals surface area contributed by atoms with Gasteiger partial charge in [0.15, 0.2) is 5.96 Å². The molecule has 0 aliphatic heterocycles. The zero-order valence-electron chi connectivity index (χ0n) is 15.0. The van der Waals surface area contributed by atoms with Gasteiger partial charge in [0, 0.05) is 27.2 Å². The van der Waals surface area contributed by atoms with E-state index in [1.807, 2.05) is 7.05 Å². The molecule has 8 heteroatoms. The summed E-state index contributed by atoms with van der Waals surface area (Å²) in [7, 11) is 3.66. The molecule has 24 heavy (non-hydrogen) atoms. The molecule has 0 spiro atoms. The number of guanidine groups is 1. The highest BCUT2D eigenvalue weighted by molar-refractivity contribution is 14.0. The number of hydrogen-bond donors (Lipinski definition) is 2. The minimum absolute atomic E-state index is 0. The summed E-state index contributed by atoms with van der Waals surface area (Å²) in [6.45, 7) is 4.34. The monoisotopic (exact) mass is 450 g/mol. The Kier molecular flexibility index (Phi) is 10.2. The van der Waals surface area contributed by atoms with Crippen LogP contribution in [0.5, 0.6) is 0 Å². The van der Waals surface area contributed by atoms with Crippen LogP contribution in [0.2, 0.25) is 0 Å². The van der Waals surface area contributed by atoms with Crippen molar-refractivity contribution in [3.63, 3.8) is 0 Å². The fraction of sp³-hybridized carbons (Fsp3) is 0.812. The summed E-state index contributed by atoms with van der Waals surface area (Å²) in [6, 6.07) is 0. The average molecular weight is 450 g/mol. The molecule has 2 N–H and O–H groups in total. The lowest BCUT2D eigenvalue weighted by Crippen LogP contribution is -2.39. The molecule has 0 radical (unpaired) electrons. The molecule has 0 amide bonds. The van der Waals surface area contributed by atoms with Gasteiger partial charge < -0.3 is 15.4 Å². The van der Waals surface area contributed by atoms with Crippen LogP contribution in [0, 0.1) is 5.92 Å². The Balaban J connectivity index is 0.00000288. The second kappa shape index (κ2) is 11.6. The summed E-state index contributed by atoms with van der Waals surface area (Å²) >= 11 is 0. The Morgan fingerprint density at radius 2 is 2.17 bits per heavy atom. The SMILES string of the molecule is CCOC(CCNC(=NC)NCc1ncnn1C)C1CCCC1.I. The van der Waals surface area contributed by atoms with E-state index >= 15 is 0 Å². The molecule has 1 aromatic rings. The van der Waals surface area contributed by atoms with Gasteiger partial charge in [0.1, 0.15) is 12.2 Å².